The van der Waals surface area contributed by atoms with Gasteiger partial charge in [0, 0.05) is 33.6 Å². The third kappa shape index (κ3) is 4.43. The van der Waals surface area contributed by atoms with Gasteiger partial charge in [-0.05, 0) is 75.2 Å². The van der Waals surface area contributed by atoms with E-state index < -0.39 is 11.9 Å². The van der Waals surface area contributed by atoms with Crippen LogP contribution in [0.3, 0.4) is 0 Å². The summed E-state index contributed by atoms with van der Waals surface area (Å²) < 4.78 is 38.4. The van der Waals surface area contributed by atoms with Gasteiger partial charge >= 0.3 is 6.18 Å². The van der Waals surface area contributed by atoms with E-state index in [0.717, 1.165) is 43.1 Å². The topological polar surface area (TPSA) is 45.2 Å². The molecule has 1 aromatic heterocycles. The van der Waals surface area contributed by atoms with Crippen molar-refractivity contribution in [3.8, 4) is 0 Å². The van der Waals surface area contributed by atoms with Crippen LogP contribution in [-0.2, 0) is 6.18 Å². The molecule has 2 unspecified atom stereocenters. The third-order valence-corrected chi connectivity index (χ3v) is 6.85. The lowest BCUT2D eigenvalue weighted by Gasteiger charge is -2.49. The molecule has 1 amide bonds. The minimum atomic E-state index is -4.47. The zero-order valence-electron chi connectivity index (χ0n) is 15.9. The van der Waals surface area contributed by atoms with Crippen LogP contribution in [0, 0.1) is 5.92 Å². The first-order chi connectivity index (χ1) is 13.8. The molecule has 0 radical (unpaired) electrons. The van der Waals surface area contributed by atoms with Crippen LogP contribution >= 0.6 is 11.8 Å². The molecule has 29 heavy (non-hydrogen) atoms. The molecule has 8 heteroatoms. The molecule has 1 aromatic carbocycles. The normalized spacial score (nSPS) is 26.3. The number of benzene rings is 1. The van der Waals surface area contributed by atoms with E-state index in [2.05, 4.69) is 22.1 Å². The van der Waals surface area contributed by atoms with E-state index in [4.69, 9.17) is 0 Å². The molecular weight excluding hydrogens is 399 g/mol. The molecule has 2 atom stereocenters. The van der Waals surface area contributed by atoms with Crippen molar-refractivity contribution in [2.75, 3.05) is 13.1 Å². The van der Waals surface area contributed by atoms with Gasteiger partial charge in [0.15, 0.2) is 0 Å². The molecule has 154 valence electrons. The van der Waals surface area contributed by atoms with Crippen molar-refractivity contribution in [2.45, 2.75) is 47.8 Å². The van der Waals surface area contributed by atoms with E-state index >= 15 is 0 Å². The lowest BCUT2D eigenvalue weighted by Crippen LogP contribution is -2.62. The van der Waals surface area contributed by atoms with Gasteiger partial charge in [0.05, 0.1) is 0 Å². The Labute approximate surface area is 171 Å². The first kappa shape index (κ1) is 20.2. The number of nitrogens with zero attached hydrogens (tertiary/aromatic N) is 2. The van der Waals surface area contributed by atoms with E-state index in [0.29, 0.717) is 22.4 Å². The van der Waals surface area contributed by atoms with Gasteiger partial charge in [-0.15, -0.1) is 0 Å². The fourth-order valence-electron chi connectivity index (χ4n) is 4.22. The van der Waals surface area contributed by atoms with Crippen LogP contribution < -0.4 is 5.32 Å². The average molecular weight is 421 g/mol. The molecule has 3 saturated heterocycles. The van der Waals surface area contributed by atoms with Crippen LogP contribution in [0.4, 0.5) is 13.2 Å². The molecule has 4 heterocycles. The molecule has 5 rings (SSSR count). The van der Waals surface area contributed by atoms with Crippen molar-refractivity contribution in [2.24, 2.45) is 5.92 Å². The highest BCUT2D eigenvalue weighted by atomic mass is 32.2. The third-order valence-electron chi connectivity index (χ3n) is 5.85. The quantitative estimate of drug-likeness (QED) is 0.792. The Balaban J connectivity index is 1.41. The van der Waals surface area contributed by atoms with Gasteiger partial charge in [-0.2, -0.15) is 13.2 Å². The number of nitrogens with one attached hydrogen (secondary N) is 1. The zero-order valence-corrected chi connectivity index (χ0v) is 16.8. The number of pyridine rings is 1. The van der Waals surface area contributed by atoms with E-state index in [1.54, 1.807) is 24.3 Å². The highest BCUT2D eigenvalue weighted by Gasteiger charge is 2.40. The Morgan fingerprint density at radius 2 is 1.83 bits per heavy atom. The maximum Gasteiger partial charge on any atom is 0.433 e. The van der Waals surface area contributed by atoms with Gasteiger partial charge in [-0.25, -0.2) is 0 Å². The molecule has 0 saturated carbocycles. The van der Waals surface area contributed by atoms with Gasteiger partial charge in [0.2, 0.25) is 0 Å². The predicted octanol–water partition coefficient (Wildman–Crippen LogP) is 4.46. The van der Waals surface area contributed by atoms with Gasteiger partial charge in [-0.3, -0.25) is 14.7 Å². The standard InChI is InChI=1S/C21H22F3N3OS/c1-13-19(14-7-10-27(13)11-8-14)26-20(28)15-2-4-16(5-3-15)29-17-6-9-25-18(12-17)21(22,23)24/h2-6,9,12-14,19H,7-8,10-11H2,1H3,(H,26,28). The summed E-state index contributed by atoms with van der Waals surface area (Å²) in [6.07, 6.45) is -1.07. The van der Waals surface area contributed by atoms with Crippen molar-refractivity contribution in [1.29, 1.82) is 0 Å². The Kier molecular flexibility index (Phi) is 5.57. The summed E-state index contributed by atoms with van der Waals surface area (Å²) in [6, 6.07) is 10.0. The van der Waals surface area contributed by atoms with Crippen LogP contribution in [0.2, 0.25) is 0 Å². The van der Waals surface area contributed by atoms with E-state index in [-0.39, 0.29) is 11.9 Å². The summed E-state index contributed by atoms with van der Waals surface area (Å²) in [5, 5.41) is 3.19. The monoisotopic (exact) mass is 421 g/mol. The first-order valence-electron chi connectivity index (χ1n) is 9.67. The number of carbonyl (C=O) groups excluding carboxylic acids is 1. The molecule has 3 aliphatic heterocycles. The van der Waals surface area contributed by atoms with Crippen molar-refractivity contribution in [3.63, 3.8) is 0 Å². The Hall–Kier alpha value is -2.06. The van der Waals surface area contributed by atoms with E-state index in [1.807, 2.05) is 0 Å². The number of halogens is 3. The predicted molar refractivity (Wildman–Crippen MR) is 105 cm³/mol. The van der Waals surface area contributed by atoms with Crippen molar-refractivity contribution in [1.82, 2.24) is 15.2 Å². The minimum absolute atomic E-state index is 0.101. The molecule has 2 bridgehead atoms. The smallest absolute Gasteiger partial charge is 0.347 e. The molecule has 3 fully saturated rings. The van der Waals surface area contributed by atoms with Crippen LogP contribution in [-0.4, -0.2) is 41.0 Å². The number of amides is 1. The lowest BCUT2D eigenvalue weighted by molar-refractivity contribution is -0.141. The number of hydrogen-bond acceptors (Lipinski definition) is 4. The summed E-state index contributed by atoms with van der Waals surface area (Å²) >= 11 is 1.21. The zero-order chi connectivity index (χ0) is 20.6. The number of piperidine rings is 3. The van der Waals surface area contributed by atoms with Crippen molar-refractivity contribution >= 4 is 17.7 Å². The Morgan fingerprint density at radius 3 is 2.45 bits per heavy atom. The molecular formula is C21H22F3N3OS. The number of aromatic nitrogens is 1. The fraction of sp³-hybridized carbons (Fsp3) is 0.429. The summed E-state index contributed by atoms with van der Waals surface area (Å²) in [4.78, 5) is 19.7. The second kappa shape index (κ2) is 7.99. The average Bonchev–Trinajstić information content (AvgIpc) is 2.71. The van der Waals surface area contributed by atoms with Crippen LogP contribution in [0.5, 0.6) is 0 Å². The highest BCUT2D eigenvalue weighted by molar-refractivity contribution is 7.99. The van der Waals surface area contributed by atoms with Gasteiger partial charge in [0.25, 0.3) is 5.91 Å². The number of carbonyl (C=O) groups is 1. The first-order valence-corrected chi connectivity index (χ1v) is 10.5. The number of fused-ring (bicyclic) bond motifs is 3. The summed E-state index contributed by atoms with van der Waals surface area (Å²) in [7, 11) is 0. The van der Waals surface area contributed by atoms with Gasteiger partial charge in [0.1, 0.15) is 5.69 Å². The molecule has 0 aliphatic carbocycles. The Morgan fingerprint density at radius 1 is 1.14 bits per heavy atom. The SMILES string of the molecule is CC1C(NC(=O)c2ccc(Sc3ccnc(C(F)(F)F)c3)cc2)C2CCN1CC2. The molecule has 1 N–H and O–H groups in total. The molecule has 4 nitrogen and oxygen atoms in total. The van der Waals surface area contributed by atoms with E-state index in [9.17, 15) is 18.0 Å². The molecule has 3 aliphatic rings. The maximum atomic E-state index is 12.8. The molecule has 2 aromatic rings. The largest absolute Gasteiger partial charge is 0.433 e. The minimum Gasteiger partial charge on any atom is -0.347 e. The lowest BCUT2D eigenvalue weighted by atomic mass is 9.79. The van der Waals surface area contributed by atoms with Crippen LogP contribution in [0.1, 0.15) is 35.8 Å². The fourth-order valence-corrected chi connectivity index (χ4v) is 5.06. The second-order valence-electron chi connectivity index (χ2n) is 7.61. The summed E-state index contributed by atoms with van der Waals surface area (Å²) in [6.45, 7) is 4.38. The summed E-state index contributed by atoms with van der Waals surface area (Å²) in [5.74, 6) is 0.429. The van der Waals surface area contributed by atoms with Crippen LogP contribution in [0.25, 0.3) is 0 Å². The maximum absolute atomic E-state index is 12.8. The van der Waals surface area contributed by atoms with Gasteiger partial charge < -0.3 is 5.32 Å². The number of hydrogen-bond donors (Lipinski definition) is 1. The van der Waals surface area contributed by atoms with E-state index in [1.165, 1.54) is 17.8 Å². The summed E-state index contributed by atoms with van der Waals surface area (Å²) in [5.41, 5.74) is -0.353. The number of alkyl halides is 3. The second-order valence-corrected chi connectivity index (χ2v) is 8.76. The molecule has 0 spiro atoms. The van der Waals surface area contributed by atoms with Crippen molar-refractivity contribution in [3.05, 3.63) is 53.9 Å². The number of rotatable bonds is 4. The highest BCUT2D eigenvalue weighted by Crippen LogP contribution is 2.34. The van der Waals surface area contributed by atoms with Crippen LogP contribution in [0.15, 0.2) is 52.4 Å². The van der Waals surface area contributed by atoms with Crippen molar-refractivity contribution < 1.29 is 18.0 Å². The van der Waals surface area contributed by atoms with Gasteiger partial charge in [-0.1, -0.05) is 11.8 Å². The Bertz CT molecular complexity index is 877.